The Bertz CT molecular complexity index is 688. The highest BCUT2D eigenvalue weighted by atomic mass is 79.9. The lowest BCUT2D eigenvalue weighted by atomic mass is 10.1. The number of nitro benzene ring substituents is 1. The number of carbonyl (C=O) groups is 1. The number of aromatic nitrogens is 1. The van der Waals surface area contributed by atoms with E-state index in [4.69, 9.17) is 0 Å². The Morgan fingerprint density at radius 2 is 2.10 bits per heavy atom. The van der Waals surface area contributed by atoms with Crippen LogP contribution >= 0.6 is 15.9 Å². The van der Waals surface area contributed by atoms with Crippen molar-refractivity contribution in [1.29, 1.82) is 0 Å². The molecule has 2 aromatic rings. The number of halogens is 1. The highest BCUT2D eigenvalue weighted by Gasteiger charge is 2.18. The molecule has 1 N–H and O–H groups in total. The van der Waals surface area contributed by atoms with Crippen molar-refractivity contribution in [2.75, 3.05) is 5.32 Å². The summed E-state index contributed by atoms with van der Waals surface area (Å²) in [4.78, 5) is 26.5. The van der Waals surface area contributed by atoms with Gasteiger partial charge in [0.2, 0.25) is 0 Å². The average molecular weight is 336 g/mol. The minimum absolute atomic E-state index is 0.0806. The molecule has 0 aliphatic carbocycles. The molecule has 0 saturated carbocycles. The number of hydrogen-bond donors (Lipinski definition) is 1. The molecular formula is C13H10BrN3O3. The number of hydrogen-bond acceptors (Lipinski definition) is 4. The van der Waals surface area contributed by atoms with Crippen molar-refractivity contribution in [2.24, 2.45) is 0 Å². The zero-order valence-corrected chi connectivity index (χ0v) is 12.0. The number of anilines is 1. The lowest BCUT2D eigenvalue weighted by Gasteiger charge is -2.08. The maximum atomic E-state index is 12.2. The van der Waals surface area contributed by atoms with Crippen molar-refractivity contribution in [2.45, 2.75) is 6.92 Å². The van der Waals surface area contributed by atoms with Crippen LogP contribution in [0.3, 0.4) is 0 Å². The van der Waals surface area contributed by atoms with Crippen molar-refractivity contribution in [1.82, 2.24) is 4.98 Å². The Kier molecular flexibility index (Phi) is 4.09. The lowest BCUT2D eigenvalue weighted by molar-refractivity contribution is -0.385. The summed E-state index contributed by atoms with van der Waals surface area (Å²) in [5.74, 6) is -0.417. The third-order valence-electron chi connectivity index (χ3n) is 2.75. The first-order valence-electron chi connectivity index (χ1n) is 5.66. The molecule has 102 valence electrons. The minimum Gasteiger partial charge on any atom is -0.320 e. The van der Waals surface area contributed by atoms with Crippen LogP contribution in [-0.2, 0) is 0 Å². The molecule has 0 bridgehead atoms. The summed E-state index contributed by atoms with van der Waals surface area (Å²) < 4.78 is 0.497. The highest BCUT2D eigenvalue weighted by molar-refractivity contribution is 9.10. The molecule has 7 heteroatoms. The first-order valence-corrected chi connectivity index (χ1v) is 6.46. The first-order chi connectivity index (χ1) is 9.50. The van der Waals surface area contributed by atoms with Crippen LogP contribution in [0.5, 0.6) is 0 Å². The third kappa shape index (κ3) is 2.83. The van der Waals surface area contributed by atoms with Crippen LogP contribution in [-0.4, -0.2) is 15.8 Å². The van der Waals surface area contributed by atoms with E-state index in [1.54, 1.807) is 31.3 Å². The normalized spacial score (nSPS) is 10.1. The fraction of sp³-hybridized carbons (Fsp3) is 0.0769. The molecule has 0 spiro atoms. The second-order valence-electron chi connectivity index (χ2n) is 4.00. The molecule has 0 fully saturated rings. The number of carbonyl (C=O) groups excluding carboxylic acids is 1. The molecular weight excluding hydrogens is 326 g/mol. The van der Waals surface area contributed by atoms with E-state index in [9.17, 15) is 14.9 Å². The maximum Gasteiger partial charge on any atom is 0.273 e. The zero-order chi connectivity index (χ0) is 14.7. The molecule has 0 aliphatic rings. The van der Waals surface area contributed by atoms with Crippen molar-refractivity contribution >= 4 is 33.2 Å². The second-order valence-corrected chi connectivity index (χ2v) is 4.75. The quantitative estimate of drug-likeness (QED) is 0.529. The van der Waals surface area contributed by atoms with Gasteiger partial charge in [0, 0.05) is 23.4 Å². The van der Waals surface area contributed by atoms with Crippen molar-refractivity contribution in [3.63, 3.8) is 0 Å². The molecule has 0 saturated heterocycles. The van der Waals surface area contributed by atoms with Gasteiger partial charge in [-0.2, -0.15) is 0 Å². The van der Waals surface area contributed by atoms with Crippen molar-refractivity contribution < 1.29 is 9.72 Å². The van der Waals surface area contributed by atoms with Crippen LogP contribution < -0.4 is 5.32 Å². The van der Waals surface area contributed by atoms with Gasteiger partial charge in [0.1, 0.15) is 4.60 Å². The number of nitro groups is 1. The third-order valence-corrected chi connectivity index (χ3v) is 3.39. The summed E-state index contributed by atoms with van der Waals surface area (Å²) in [7, 11) is 0. The predicted molar refractivity (Wildman–Crippen MR) is 77.7 cm³/mol. The molecule has 6 nitrogen and oxygen atoms in total. The van der Waals surface area contributed by atoms with Crippen LogP contribution in [0.4, 0.5) is 11.4 Å². The van der Waals surface area contributed by atoms with Gasteiger partial charge >= 0.3 is 0 Å². The summed E-state index contributed by atoms with van der Waals surface area (Å²) in [6.45, 7) is 1.55. The fourth-order valence-corrected chi connectivity index (χ4v) is 2.09. The summed E-state index contributed by atoms with van der Waals surface area (Å²) in [6, 6.07) is 7.76. The highest BCUT2D eigenvalue weighted by Crippen LogP contribution is 2.23. The molecule has 0 aliphatic heterocycles. The molecule has 2 rings (SSSR count). The Morgan fingerprint density at radius 1 is 1.35 bits per heavy atom. The summed E-state index contributed by atoms with van der Waals surface area (Å²) in [5.41, 5.74) is 1.01. The Balaban J connectivity index is 2.33. The van der Waals surface area contributed by atoms with E-state index in [-0.39, 0.29) is 11.3 Å². The van der Waals surface area contributed by atoms with Gasteiger partial charge < -0.3 is 5.32 Å². The average Bonchev–Trinajstić information content (AvgIpc) is 2.41. The summed E-state index contributed by atoms with van der Waals surface area (Å²) >= 11 is 3.22. The summed E-state index contributed by atoms with van der Waals surface area (Å²) in [5, 5.41) is 13.5. The van der Waals surface area contributed by atoms with Crippen molar-refractivity contribution in [3.05, 3.63) is 62.4 Å². The van der Waals surface area contributed by atoms with Crippen LogP contribution in [0.15, 0.2) is 41.1 Å². The number of pyridine rings is 1. The van der Waals surface area contributed by atoms with E-state index in [2.05, 4.69) is 26.2 Å². The number of nitrogens with zero attached hydrogens (tertiary/aromatic N) is 2. The number of nitrogens with one attached hydrogen (secondary N) is 1. The molecule has 20 heavy (non-hydrogen) atoms. The molecule has 1 aromatic heterocycles. The van der Waals surface area contributed by atoms with Crippen LogP contribution in [0.2, 0.25) is 0 Å². The molecule has 0 atom stereocenters. The smallest absolute Gasteiger partial charge is 0.273 e. The first kappa shape index (κ1) is 14.1. The van der Waals surface area contributed by atoms with Crippen LogP contribution in [0.25, 0.3) is 0 Å². The monoisotopic (exact) mass is 335 g/mol. The maximum absolute atomic E-state index is 12.2. The van der Waals surface area contributed by atoms with Gasteiger partial charge in [0.05, 0.1) is 10.6 Å². The Morgan fingerprint density at radius 3 is 2.75 bits per heavy atom. The number of rotatable bonds is 3. The van der Waals surface area contributed by atoms with Gasteiger partial charge in [-0.15, -0.1) is 0 Å². The van der Waals surface area contributed by atoms with E-state index in [0.717, 1.165) is 0 Å². The van der Waals surface area contributed by atoms with Crippen molar-refractivity contribution in [3.8, 4) is 0 Å². The topological polar surface area (TPSA) is 85.1 Å². The molecule has 1 aromatic carbocycles. The van der Waals surface area contributed by atoms with Crippen LogP contribution in [0, 0.1) is 17.0 Å². The van der Waals surface area contributed by atoms with Crippen LogP contribution in [0.1, 0.15) is 15.9 Å². The summed E-state index contributed by atoms with van der Waals surface area (Å²) in [6.07, 6.45) is 1.58. The molecule has 0 unspecified atom stereocenters. The van der Waals surface area contributed by atoms with Gasteiger partial charge in [-0.3, -0.25) is 14.9 Å². The van der Waals surface area contributed by atoms with Gasteiger partial charge in [-0.1, -0.05) is 6.07 Å². The predicted octanol–water partition coefficient (Wildman–Crippen LogP) is 3.31. The van der Waals surface area contributed by atoms with E-state index in [0.29, 0.717) is 15.9 Å². The standard InChI is InChI=1S/C13H10BrN3O3/c1-8-9(4-2-6-11(8)17(19)20)13(18)16-10-5-3-7-15-12(10)14/h2-7H,1H3,(H,16,18). The number of benzene rings is 1. The fourth-order valence-electron chi connectivity index (χ4n) is 1.74. The zero-order valence-electron chi connectivity index (χ0n) is 10.5. The second kappa shape index (κ2) is 5.79. The molecule has 0 radical (unpaired) electrons. The van der Waals surface area contributed by atoms with E-state index < -0.39 is 10.8 Å². The van der Waals surface area contributed by atoms with Gasteiger partial charge in [0.15, 0.2) is 0 Å². The van der Waals surface area contributed by atoms with Gasteiger partial charge in [0.25, 0.3) is 11.6 Å². The van der Waals surface area contributed by atoms with E-state index in [1.807, 2.05) is 0 Å². The largest absolute Gasteiger partial charge is 0.320 e. The molecule has 1 amide bonds. The van der Waals surface area contributed by atoms with E-state index in [1.165, 1.54) is 12.1 Å². The Labute approximate surface area is 123 Å². The Hall–Kier alpha value is -2.28. The lowest BCUT2D eigenvalue weighted by Crippen LogP contribution is -2.14. The minimum atomic E-state index is -0.508. The SMILES string of the molecule is Cc1c(C(=O)Nc2cccnc2Br)cccc1[N+](=O)[O-]. The van der Waals surface area contributed by atoms with Gasteiger partial charge in [-0.05, 0) is 41.1 Å². The van der Waals surface area contributed by atoms with Gasteiger partial charge in [-0.25, -0.2) is 4.98 Å². The number of amides is 1. The molecule has 1 heterocycles. The van der Waals surface area contributed by atoms with E-state index >= 15 is 0 Å².